The molecule has 0 spiro atoms. The number of likely N-dealkylation sites (tertiary alicyclic amines) is 1. The molecule has 1 aliphatic heterocycles. The lowest BCUT2D eigenvalue weighted by molar-refractivity contribution is -0.176. The minimum Gasteiger partial charge on any atom is -0.389 e. The summed E-state index contributed by atoms with van der Waals surface area (Å²) in [5.74, 6) is 2.77. The van der Waals surface area contributed by atoms with Gasteiger partial charge < -0.3 is 9.84 Å². The maximum Gasteiger partial charge on any atom is 0.0900 e. The third-order valence-electron chi connectivity index (χ3n) is 6.95. The number of β-amino-alcohol motifs (C(OH)–C–C–N with tert-alkyl or cyclic N) is 1. The largest absolute Gasteiger partial charge is 0.389 e. The highest BCUT2D eigenvalue weighted by molar-refractivity contribution is 5.03. The quantitative estimate of drug-likeness (QED) is 0.846. The maximum atomic E-state index is 10.5. The molecule has 1 heterocycles. The van der Waals surface area contributed by atoms with E-state index in [-0.39, 0.29) is 11.7 Å². The molecule has 126 valence electrons. The van der Waals surface area contributed by atoms with Crippen molar-refractivity contribution >= 4 is 0 Å². The van der Waals surface area contributed by atoms with Crippen LogP contribution in [0.25, 0.3) is 0 Å². The SMILES string of the molecule is C[C@@H]1CCCCN1C[C@@H](O)COC12CC3CC(CC(C3)C1)C2. The lowest BCUT2D eigenvalue weighted by atomic mass is 9.54. The number of hydrogen-bond acceptors (Lipinski definition) is 3. The van der Waals surface area contributed by atoms with Crippen molar-refractivity contribution in [3.05, 3.63) is 0 Å². The second kappa shape index (κ2) is 6.07. The van der Waals surface area contributed by atoms with Crippen LogP contribution in [0.3, 0.4) is 0 Å². The summed E-state index contributed by atoms with van der Waals surface area (Å²) in [5, 5.41) is 10.5. The molecule has 0 amide bonds. The van der Waals surface area contributed by atoms with Crippen molar-refractivity contribution in [1.29, 1.82) is 0 Å². The maximum absolute atomic E-state index is 10.5. The summed E-state index contributed by atoms with van der Waals surface area (Å²) in [5.41, 5.74) is 0.142. The van der Waals surface area contributed by atoms with Crippen molar-refractivity contribution in [2.45, 2.75) is 82.5 Å². The van der Waals surface area contributed by atoms with Crippen LogP contribution in [0.4, 0.5) is 0 Å². The molecule has 22 heavy (non-hydrogen) atoms. The molecular weight excluding hydrogens is 274 g/mol. The molecule has 4 saturated carbocycles. The first-order chi connectivity index (χ1) is 10.6. The highest BCUT2D eigenvalue weighted by Crippen LogP contribution is 2.57. The fourth-order valence-electron chi connectivity index (χ4n) is 6.23. The number of nitrogens with zero attached hydrogens (tertiary/aromatic N) is 1. The molecule has 0 radical (unpaired) electrons. The summed E-state index contributed by atoms with van der Waals surface area (Å²) in [6.07, 6.45) is 11.8. The van der Waals surface area contributed by atoms with Crippen molar-refractivity contribution in [2.24, 2.45) is 17.8 Å². The van der Waals surface area contributed by atoms with E-state index >= 15 is 0 Å². The number of rotatable bonds is 5. The number of hydrogen-bond donors (Lipinski definition) is 1. The van der Waals surface area contributed by atoms with E-state index in [0.717, 1.165) is 30.8 Å². The Labute approximate surface area is 135 Å². The molecule has 5 aliphatic rings. The second-order valence-electron chi connectivity index (χ2n) is 8.91. The Morgan fingerprint density at radius 1 is 1.09 bits per heavy atom. The van der Waals surface area contributed by atoms with Gasteiger partial charge in [-0.15, -0.1) is 0 Å². The van der Waals surface area contributed by atoms with Crippen LogP contribution in [0.5, 0.6) is 0 Å². The normalized spacial score (nSPS) is 46.1. The first-order valence-electron chi connectivity index (χ1n) is 9.68. The predicted octanol–water partition coefficient (Wildman–Crippen LogP) is 3.21. The van der Waals surface area contributed by atoms with Crippen molar-refractivity contribution in [3.63, 3.8) is 0 Å². The summed E-state index contributed by atoms with van der Waals surface area (Å²) < 4.78 is 6.40. The Morgan fingerprint density at radius 3 is 2.32 bits per heavy atom. The summed E-state index contributed by atoms with van der Waals surface area (Å²) in [7, 11) is 0. The molecule has 3 nitrogen and oxygen atoms in total. The van der Waals surface area contributed by atoms with Gasteiger partial charge in [0.05, 0.1) is 18.3 Å². The Hall–Kier alpha value is -0.120. The molecule has 5 fully saturated rings. The number of ether oxygens (including phenoxy) is 1. The van der Waals surface area contributed by atoms with Crippen LogP contribution < -0.4 is 0 Å². The zero-order chi connectivity index (χ0) is 15.2. The fraction of sp³-hybridized carbons (Fsp3) is 1.00. The molecule has 2 atom stereocenters. The molecule has 3 heteroatoms. The molecule has 1 saturated heterocycles. The van der Waals surface area contributed by atoms with E-state index in [1.54, 1.807) is 0 Å². The standard InChI is InChI=1S/C19H33NO2/c1-14-4-2-3-5-20(14)12-18(21)13-22-19-9-15-6-16(10-19)8-17(7-15)11-19/h14-18,21H,2-13H2,1H3/t14-,15?,16?,17?,18-,19?/m1/s1. The van der Waals surface area contributed by atoms with E-state index in [2.05, 4.69) is 11.8 Å². The van der Waals surface area contributed by atoms with E-state index in [4.69, 9.17) is 4.74 Å². The predicted molar refractivity (Wildman–Crippen MR) is 87.7 cm³/mol. The number of aliphatic hydroxyl groups excluding tert-OH is 1. The van der Waals surface area contributed by atoms with Crippen LogP contribution in [-0.4, -0.2) is 47.4 Å². The highest BCUT2D eigenvalue weighted by atomic mass is 16.5. The van der Waals surface area contributed by atoms with Crippen LogP contribution in [-0.2, 0) is 4.74 Å². The van der Waals surface area contributed by atoms with E-state index in [9.17, 15) is 5.11 Å². The van der Waals surface area contributed by atoms with Gasteiger partial charge in [-0.3, -0.25) is 4.90 Å². The average Bonchev–Trinajstić information content (AvgIpc) is 2.46. The van der Waals surface area contributed by atoms with Crippen LogP contribution in [0.2, 0.25) is 0 Å². The van der Waals surface area contributed by atoms with Crippen molar-refractivity contribution in [1.82, 2.24) is 4.90 Å². The van der Waals surface area contributed by atoms with Gasteiger partial charge in [0.1, 0.15) is 0 Å². The van der Waals surface area contributed by atoms with Gasteiger partial charge in [0.15, 0.2) is 0 Å². The van der Waals surface area contributed by atoms with Crippen LogP contribution in [0.15, 0.2) is 0 Å². The summed E-state index contributed by atoms with van der Waals surface area (Å²) in [6.45, 7) is 4.80. The fourth-order valence-corrected chi connectivity index (χ4v) is 6.23. The smallest absolute Gasteiger partial charge is 0.0900 e. The monoisotopic (exact) mass is 307 g/mol. The molecule has 4 bridgehead atoms. The first kappa shape index (κ1) is 15.4. The third kappa shape index (κ3) is 3.09. The van der Waals surface area contributed by atoms with Gasteiger partial charge in [0.25, 0.3) is 0 Å². The summed E-state index contributed by atoms with van der Waals surface area (Å²) in [4.78, 5) is 2.46. The minimum absolute atomic E-state index is 0.142. The van der Waals surface area contributed by atoms with E-state index < -0.39 is 0 Å². The molecule has 1 N–H and O–H groups in total. The van der Waals surface area contributed by atoms with Gasteiger partial charge >= 0.3 is 0 Å². The van der Waals surface area contributed by atoms with Crippen molar-refractivity contribution < 1.29 is 9.84 Å². The van der Waals surface area contributed by atoms with E-state index in [1.165, 1.54) is 57.8 Å². The van der Waals surface area contributed by atoms with Crippen LogP contribution in [0, 0.1) is 17.8 Å². The van der Waals surface area contributed by atoms with Crippen molar-refractivity contribution in [2.75, 3.05) is 19.7 Å². The summed E-state index contributed by atoms with van der Waals surface area (Å²) in [6, 6.07) is 0.628. The second-order valence-corrected chi connectivity index (χ2v) is 8.91. The first-order valence-corrected chi connectivity index (χ1v) is 9.68. The van der Waals surface area contributed by atoms with Gasteiger partial charge in [-0.2, -0.15) is 0 Å². The van der Waals surface area contributed by atoms with Gasteiger partial charge in [-0.1, -0.05) is 6.42 Å². The van der Waals surface area contributed by atoms with Gasteiger partial charge in [0, 0.05) is 12.6 Å². The summed E-state index contributed by atoms with van der Waals surface area (Å²) >= 11 is 0. The molecule has 0 aromatic rings. The van der Waals surface area contributed by atoms with Crippen LogP contribution >= 0.6 is 0 Å². The van der Waals surface area contributed by atoms with Gasteiger partial charge in [-0.25, -0.2) is 0 Å². The van der Waals surface area contributed by atoms with E-state index in [0.29, 0.717) is 12.6 Å². The molecular formula is C19H33NO2. The van der Waals surface area contributed by atoms with E-state index in [1.807, 2.05) is 0 Å². The number of aliphatic hydroxyl groups is 1. The lowest BCUT2D eigenvalue weighted by Gasteiger charge is -2.56. The Bertz CT molecular complexity index is 362. The Kier molecular flexibility index (Phi) is 4.25. The number of piperidine rings is 1. The zero-order valence-electron chi connectivity index (χ0n) is 14.2. The molecule has 5 rings (SSSR count). The Morgan fingerprint density at radius 2 is 1.73 bits per heavy atom. The third-order valence-corrected chi connectivity index (χ3v) is 6.95. The Balaban J connectivity index is 1.29. The van der Waals surface area contributed by atoms with Gasteiger partial charge in [-0.05, 0) is 82.6 Å². The molecule has 0 aromatic heterocycles. The van der Waals surface area contributed by atoms with Crippen LogP contribution in [0.1, 0.15) is 64.7 Å². The average molecular weight is 307 g/mol. The molecule has 0 aromatic carbocycles. The zero-order valence-corrected chi connectivity index (χ0v) is 14.2. The molecule has 4 aliphatic carbocycles. The molecule has 0 unspecified atom stereocenters. The van der Waals surface area contributed by atoms with Gasteiger partial charge in [0.2, 0.25) is 0 Å². The topological polar surface area (TPSA) is 32.7 Å². The minimum atomic E-state index is -0.312. The lowest BCUT2D eigenvalue weighted by Crippen LogP contribution is -2.53. The van der Waals surface area contributed by atoms with Crippen molar-refractivity contribution in [3.8, 4) is 0 Å². The highest BCUT2D eigenvalue weighted by Gasteiger charge is 2.51.